The van der Waals surface area contributed by atoms with E-state index in [9.17, 15) is 9.59 Å². The summed E-state index contributed by atoms with van der Waals surface area (Å²) in [7, 11) is 0. The lowest BCUT2D eigenvalue weighted by Crippen LogP contribution is -2.35. The number of hydrogen-bond acceptors (Lipinski definition) is 5. The molecule has 0 saturated heterocycles. The number of benzene rings is 1. The molecule has 7 heteroatoms. The molecule has 2 rings (SSSR count). The Bertz CT molecular complexity index is 668. The zero-order valence-electron chi connectivity index (χ0n) is 12.0. The molecule has 1 unspecified atom stereocenters. The predicted octanol–water partition coefficient (Wildman–Crippen LogP) is 2.32. The topological polar surface area (TPSA) is 97.1 Å². The van der Waals surface area contributed by atoms with Gasteiger partial charge >= 0.3 is 0 Å². The summed E-state index contributed by atoms with van der Waals surface area (Å²) in [6.45, 7) is 3.44. The van der Waals surface area contributed by atoms with E-state index in [4.69, 9.17) is 5.73 Å². The Balaban J connectivity index is 2.15. The van der Waals surface area contributed by atoms with Crippen molar-refractivity contribution in [1.82, 2.24) is 4.98 Å². The summed E-state index contributed by atoms with van der Waals surface area (Å²) in [4.78, 5) is 27.2. The monoisotopic (exact) mass is 306 g/mol. The minimum atomic E-state index is -0.517. The Labute approximate surface area is 126 Å². The molecule has 6 nitrogen and oxygen atoms in total. The molecule has 0 aliphatic heterocycles. The lowest BCUT2D eigenvalue weighted by Gasteiger charge is -2.08. The first-order chi connectivity index (χ1) is 9.99. The molecule has 112 valence electrons. The summed E-state index contributed by atoms with van der Waals surface area (Å²) >= 11 is 1.35. The second-order valence-electron chi connectivity index (χ2n) is 4.77. The minimum absolute atomic E-state index is 0.127. The van der Waals surface area contributed by atoms with Crippen LogP contribution < -0.4 is 16.4 Å². The van der Waals surface area contributed by atoms with Gasteiger partial charge in [-0.2, -0.15) is 0 Å². The third-order valence-electron chi connectivity index (χ3n) is 2.88. The van der Waals surface area contributed by atoms with Gasteiger partial charge < -0.3 is 16.4 Å². The van der Waals surface area contributed by atoms with Gasteiger partial charge in [-0.15, -0.1) is 0 Å². The quantitative estimate of drug-likeness (QED) is 0.789. The van der Waals surface area contributed by atoms with Crippen LogP contribution in [0.1, 0.15) is 26.7 Å². The molecular weight excluding hydrogens is 288 g/mol. The van der Waals surface area contributed by atoms with Crippen molar-refractivity contribution in [3.8, 4) is 0 Å². The fourth-order valence-corrected chi connectivity index (χ4v) is 2.81. The van der Waals surface area contributed by atoms with Gasteiger partial charge in [0.25, 0.3) is 0 Å². The number of thiazole rings is 1. The number of hydrogen-bond donors (Lipinski definition) is 3. The van der Waals surface area contributed by atoms with Crippen LogP contribution in [0.4, 0.5) is 10.8 Å². The average molecular weight is 306 g/mol. The van der Waals surface area contributed by atoms with Gasteiger partial charge in [0.15, 0.2) is 5.13 Å². The largest absolute Gasteiger partial charge is 0.326 e. The van der Waals surface area contributed by atoms with Gasteiger partial charge in [0, 0.05) is 12.6 Å². The molecule has 0 bridgehead atoms. The van der Waals surface area contributed by atoms with Gasteiger partial charge in [0.1, 0.15) is 0 Å². The second kappa shape index (κ2) is 6.64. The predicted molar refractivity (Wildman–Crippen MR) is 85.4 cm³/mol. The van der Waals surface area contributed by atoms with Crippen molar-refractivity contribution in [2.24, 2.45) is 5.73 Å². The van der Waals surface area contributed by atoms with E-state index >= 15 is 0 Å². The van der Waals surface area contributed by atoms with Gasteiger partial charge in [0.2, 0.25) is 11.8 Å². The van der Waals surface area contributed by atoms with E-state index in [1.165, 1.54) is 18.3 Å². The molecule has 4 N–H and O–H groups in total. The van der Waals surface area contributed by atoms with Crippen LogP contribution in [-0.2, 0) is 9.59 Å². The third kappa shape index (κ3) is 3.99. The SMILES string of the molecule is CCCC(N)C(=O)Nc1nc2ccc(NC(C)=O)cc2s1. The maximum absolute atomic E-state index is 11.9. The number of carbonyl (C=O) groups is 2. The Morgan fingerprint density at radius 1 is 1.38 bits per heavy atom. The number of nitrogens with zero attached hydrogens (tertiary/aromatic N) is 1. The molecule has 0 aliphatic carbocycles. The molecule has 0 saturated carbocycles. The van der Waals surface area contributed by atoms with Crippen molar-refractivity contribution >= 4 is 44.2 Å². The molecular formula is C14H18N4O2S. The van der Waals surface area contributed by atoms with Crippen LogP contribution in [0.25, 0.3) is 10.2 Å². The Morgan fingerprint density at radius 3 is 2.81 bits per heavy atom. The van der Waals surface area contributed by atoms with E-state index in [1.54, 1.807) is 12.1 Å². The molecule has 2 amide bonds. The van der Waals surface area contributed by atoms with E-state index in [2.05, 4.69) is 15.6 Å². The summed E-state index contributed by atoms with van der Waals surface area (Å²) in [6, 6.07) is 4.89. The van der Waals surface area contributed by atoms with E-state index in [-0.39, 0.29) is 11.8 Å². The highest BCUT2D eigenvalue weighted by molar-refractivity contribution is 7.22. The lowest BCUT2D eigenvalue weighted by atomic mass is 10.2. The summed E-state index contributed by atoms with van der Waals surface area (Å²) in [6.07, 6.45) is 1.50. The zero-order valence-corrected chi connectivity index (χ0v) is 12.8. The van der Waals surface area contributed by atoms with Crippen LogP contribution >= 0.6 is 11.3 Å². The standard InChI is InChI=1S/C14H18N4O2S/c1-3-4-10(15)13(20)18-14-17-11-6-5-9(16-8(2)19)7-12(11)21-14/h5-7,10H,3-4,15H2,1-2H3,(H,16,19)(H,17,18,20). The third-order valence-corrected chi connectivity index (χ3v) is 3.81. The number of rotatable bonds is 5. The molecule has 21 heavy (non-hydrogen) atoms. The highest BCUT2D eigenvalue weighted by Gasteiger charge is 2.14. The number of carbonyl (C=O) groups excluding carboxylic acids is 2. The van der Waals surface area contributed by atoms with Crippen LogP contribution in [0.2, 0.25) is 0 Å². The molecule has 1 aromatic carbocycles. The molecule has 1 aromatic heterocycles. The number of nitrogens with two attached hydrogens (primary N) is 1. The summed E-state index contributed by atoms with van der Waals surface area (Å²) in [5.41, 5.74) is 7.25. The van der Waals surface area contributed by atoms with E-state index in [0.717, 1.165) is 16.6 Å². The van der Waals surface area contributed by atoms with Gasteiger partial charge in [-0.3, -0.25) is 9.59 Å². The highest BCUT2D eigenvalue weighted by Crippen LogP contribution is 2.28. The normalized spacial score (nSPS) is 12.1. The number of anilines is 2. The molecule has 1 heterocycles. The Hall–Kier alpha value is -1.99. The van der Waals surface area contributed by atoms with Crippen molar-refractivity contribution in [3.05, 3.63) is 18.2 Å². The van der Waals surface area contributed by atoms with Crippen LogP contribution in [0.15, 0.2) is 18.2 Å². The highest BCUT2D eigenvalue weighted by atomic mass is 32.1. The first-order valence-electron chi connectivity index (χ1n) is 6.74. The summed E-state index contributed by atoms with van der Waals surface area (Å²) in [5.74, 6) is -0.351. The lowest BCUT2D eigenvalue weighted by molar-refractivity contribution is -0.117. The number of nitrogens with one attached hydrogen (secondary N) is 2. The molecule has 0 radical (unpaired) electrons. The summed E-state index contributed by atoms with van der Waals surface area (Å²) in [5, 5.41) is 5.96. The van der Waals surface area contributed by atoms with Crippen LogP contribution in [-0.4, -0.2) is 22.8 Å². The molecule has 0 aliphatic rings. The van der Waals surface area contributed by atoms with Gasteiger partial charge in [0.05, 0.1) is 16.3 Å². The van der Waals surface area contributed by atoms with Crippen LogP contribution in [0.5, 0.6) is 0 Å². The zero-order chi connectivity index (χ0) is 15.4. The van der Waals surface area contributed by atoms with Gasteiger partial charge in [-0.05, 0) is 24.6 Å². The molecule has 1 atom stereocenters. The van der Waals surface area contributed by atoms with Crippen LogP contribution in [0.3, 0.4) is 0 Å². The molecule has 0 spiro atoms. The number of aromatic nitrogens is 1. The summed E-state index contributed by atoms with van der Waals surface area (Å²) < 4.78 is 0.889. The minimum Gasteiger partial charge on any atom is -0.326 e. The maximum atomic E-state index is 11.9. The Morgan fingerprint density at radius 2 is 2.14 bits per heavy atom. The second-order valence-corrected chi connectivity index (χ2v) is 5.80. The fraction of sp³-hybridized carbons (Fsp3) is 0.357. The van der Waals surface area contributed by atoms with Gasteiger partial charge in [-0.1, -0.05) is 24.7 Å². The van der Waals surface area contributed by atoms with Crippen molar-refractivity contribution in [2.75, 3.05) is 10.6 Å². The van der Waals surface area contributed by atoms with Crippen molar-refractivity contribution in [2.45, 2.75) is 32.7 Å². The van der Waals surface area contributed by atoms with Crippen molar-refractivity contribution in [1.29, 1.82) is 0 Å². The number of amides is 2. The molecule has 2 aromatic rings. The molecule has 0 fully saturated rings. The first kappa shape index (κ1) is 15.4. The fourth-order valence-electron chi connectivity index (χ4n) is 1.90. The average Bonchev–Trinajstić information content (AvgIpc) is 2.79. The van der Waals surface area contributed by atoms with Crippen molar-refractivity contribution in [3.63, 3.8) is 0 Å². The van der Waals surface area contributed by atoms with E-state index in [1.807, 2.05) is 13.0 Å². The maximum Gasteiger partial charge on any atom is 0.243 e. The first-order valence-corrected chi connectivity index (χ1v) is 7.56. The van der Waals surface area contributed by atoms with E-state index < -0.39 is 6.04 Å². The number of fused-ring (bicyclic) bond motifs is 1. The van der Waals surface area contributed by atoms with Gasteiger partial charge in [-0.25, -0.2) is 4.98 Å². The smallest absolute Gasteiger partial charge is 0.243 e. The van der Waals surface area contributed by atoms with Crippen LogP contribution in [0, 0.1) is 0 Å². The van der Waals surface area contributed by atoms with Crippen molar-refractivity contribution < 1.29 is 9.59 Å². The van der Waals surface area contributed by atoms with E-state index in [0.29, 0.717) is 17.2 Å². The Kier molecular flexibility index (Phi) is 4.87.